The molecule has 5 heteroatoms. The van der Waals surface area contributed by atoms with Crippen LogP contribution in [0.5, 0.6) is 0 Å². The van der Waals surface area contributed by atoms with Crippen molar-refractivity contribution in [2.24, 2.45) is 0 Å². The van der Waals surface area contributed by atoms with E-state index in [1.807, 2.05) is 48.5 Å². The summed E-state index contributed by atoms with van der Waals surface area (Å²) in [4.78, 5) is 1.59. The molecule has 20 heavy (non-hydrogen) atoms. The zero-order valence-electron chi connectivity index (χ0n) is 11.0. The molecule has 0 aliphatic heterocycles. The molecule has 3 aromatic rings. The van der Waals surface area contributed by atoms with E-state index in [4.69, 9.17) is 0 Å². The van der Waals surface area contributed by atoms with Crippen LogP contribution < -0.4 is 5.32 Å². The third-order valence-corrected chi connectivity index (χ3v) is 2.91. The first kappa shape index (κ1) is 12.3. The van der Waals surface area contributed by atoms with Gasteiger partial charge in [-0.3, -0.25) is 0 Å². The lowest BCUT2D eigenvalue weighted by Gasteiger charge is -2.01. The lowest BCUT2D eigenvalue weighted by Crippen LogP contribution is -2.05. The molecule has 0 bridgehead atoms. The van der Waals surface area contributed by atoms with Gasteiger partial charge in [-0.05, 0) is 16.3 Å². The van der Waals surface area contributed by atoms with E-state index < -0.39 is 0 Å². The molecule has 0 aliphatic rings. The Balaban J connectivity index is 1.60. The molecule has 100 valence electrons. The average molecular weight is 265 g/mol. The summed E-state index contributed by atoms with van der Waals surface area (Å²) in [5.41, 5.74) is 2.34. The van der Waals surface area contributed by atoms with Crippen molar-refractivity contribution >= 4 is 5.95 Å². The molecule has 1 heterocycles. The minimum absolute atomic E-state index is 0.546. The number of tetrazole rings is 1. The first-order chi connectivity index (χ1) is 9.90. The first-order valence-corrected chi connectivity index (χ1v) is 6.50. The Morgan fingerprint density at radius 2 is 1.50 bits per heavy atom. The molecule has 0 unspecified atom stereocenters. The first-order valence-electron chi connectivity index (χ1n) is 6.50. The maximum Gasteiger partial charge on any atom is 0.263 e. The number of hydrogen-bond acceptors (Lipinski definition) is 4. The highest BCUT2D eigenvalue weighted by atomic mass is 15.6. The fourth-order valence-corrected chi connectivity index (χ4v) is 1.90. The van der Waals surface area contributed by atoms with Crippen LogP contribution in [0.1, 0.15) is 11.1 Å². The third-order valence-electron chi connectivity index (χ3n) is 2.91. The summed E-state index contributed by atoms with van der Waals surface area (Å²) in [5.74, 6) is 0.546. The Morgan fingerprint density at radius 3 is 2.20 bits per heavy atom. The number of hydrogen-bond donors (Lipinski definition) is 1. The number of rotatable bonds is 5. The van der Waals surface area contributed by atoms with Gasteiger partial charge in [0.05, 0.1) is 6.54 Å². The van der Waals surface area contributed by atoms with Gasteiger partial charge in [0.1, 0.15) is 0 Å². The molecule has 0 radical (unpaired) electrons. The van der Waals surface area contributed by atoms with Crippen LogP contribution in [-0.4, -0.2) is 20.2 Å². The molecule has 1 aromatic heterocycles. The molecule has 0 fully saturated rings. The van der Waals surface area contributed by atoms with Crippen molar-refractivity contribution < 1.29 is 0 Å². The van der Waals surface area contributed by atoms with Crippen LogP contribution in [0, 0.1) is 0 Å². The van der Waals surface area contributed by atoms with Crippen molar-refractivity contribution in [1.82, 2.24) is 20.2 Å². The Morgan fingerprint density at radius 1 is 0.850 bits per heavy atom. The van der Waals surface area contributed by atoms with Crippen LogP contribution in [0.15, 0.2) is 60.7 Å². The molecule has 1 N–H and O–H groups in total. The smallest absolute Gasteiger partial charge is 0.263 e. The Labute approximate surface area is 117 Å². The van der Waals surface area contributed by atoms with Crippen molar-refractivity contribution in [2.75, 3.05) is 5.32 Å². The van der Waals surface area contributed by atoms with Crippen molar-refractivity contribution in [3.63, 3.8) is 0 Å². The molecule has 5 nitrogen and oxygen atoms in total. The van der Waals surface area contributed by atoms with Crippen LogP contribution >= 0.6 is 0 Å². The third kappa shape index (κ3) is 3.20. The van der Waals surface area contributed by atoms with E-state index in [0.29, 0.717) is 19.0 Å². The van der Waals surface area contributed by atoms with Crippen LogP contribution in [-0.2, 0) is 13.1 Å². The van der Waals surface area contributed by atoms with E-state index in [2.05, 4.69) is 32.9 Å². The van der Waals surface area contributed by atoms with Crippen LogP contribution in [0.2, 0.25) is 0 Å². The van der Waals surface area contributed by atoms with Gasteiger partial charge in [-0.15, -0.1) is 5.10 Å². The van der Waals surface area contributed by atoms with Gasteiger partial charge in [-0.25, -0.2) is 0 Å². The predicted molar refractivity (Wildman–Crippen MR) is 77.1 cm³/mol. The maximum absolute atomic E-state index is 4.30. The molecule has 0 atom stereocenters. The molecule has 2 aromatic carbocycles. The summed E-state index contributed by atoms with van der Waals surface area (Å²) in [5, 5.41) is 15.5. The van der Waals surface area contributed by atoms with Gasteiger partial charge in [0.25, 0.3) is 5.95 Å². The average Bonchev–Trinajstić information content (AvgIpc) is 2.95. The summed E-state index contributed by atoms with van der Waals surface area (Å²) in [6.07, 6.45) is 0. The normalized spacial score (nSPS) is 10.4. The fraction of sp³-hybridized carbons (Fsp3) is 0.133. The summed E-state index contributed by atoms with van der Waals surface area (Å²) in [6.45, 7) is 1.32. The highest BCUT2D eigenvalue weighted by molar-refractivity contribution is 5.25. The van der Waals surface area contributed by atoms with Crippen LogP contribution in [0.4, 0.5) is 5.95 Å². The van der Waals surface area contributed by atoms with E-state index in [1.165, 1.54) is 5.56 Å². The van der Waals surface area contributed by atoms with Gasteiger partial charge in [0.15, 0.2) is 0 Å². The quantitative estimate of drug-likeness (QED) is 0.769. The molecule has 0 amide bonds. The molecule has 0 aliphatic carbocycles. The summed E-state index contributed by atoms with van der Waals surface area (Å²) in [6, 6.07) is 20.2. The van der Waals surface area contributed by atoms with Gasteiger partial charge >= 0.3 is 0 Å². The summed E-state index contributed by atoms with van der Waals surface area (Å²) >= 11 is 0. The Hall–Kier alpha value is -2.69. The fourth-order valence-electron chi connectivity index (χ4n) is 1.90. The standard InChI is InChI=1S/C15H15N5/c1-3-7-13(8-4-1)11-16-15-17-19-20(18-15)12-14-9-5-2-6-10-14/h1-10H,11-12H2,(H,16,18). The van der Waals surface area contributed by atoms with E-state index in [0.717, 1.165) is 5.56 Å². The van der Waals surface area contributed by atoms with Gasteiger partial charge in [-0.2, -0.15) is 4.80 Å². The van der Waals surface area contributed by atoms with E-state index in [9.17, 15) is 0 Å². The van der Waals surface area contributed by atoms with Crippen molar-refractivity contribution in [3.05, 3.63) is 71.8 Å². The highest BCUT2D eigenvalue weighted by Gasteiger charge is 2.02. The molecular formula is C15H15N5. The summed E-state index contributed by atoms with van der Waals surface area (Å²) < 4.78 is 0. The van der Waals surface area contributed by atoms with Crippen LogP contribution in [0.25, 0.3) is 0 Å². The molecular weight excluding hydrogens is 250 g/mol. The van der Waals surface area contributed by atoms with E-state index in [1.54, 1.807) is 4.80 Å². The largest absolute Gasteiger partial charge is 0.348 e. The maximum atomic E-state index is 4.30. The zero-order valence-corrected chi connectivity index (χ0v) is 11.0. The second kappa shape index (κ2) is 5.97. The second-order valence-corrected chi connectivity index (χ2v) is 4.47. The SMILES string of the molecule is c1ccc(CNc2nnn(Cc3ccccc3)n2)cc1. The molecule has 0 saturated carbocycles. The number of nitrogens with one attached hydrogen (secondary N) is 1. The molecule has 0 saturated heterocycles. The van der Waals surface area contributed by atoms with Crippen molar-refractivity contribution in [3.8, 4) is 0 Å². The van der Waals surface area contributed by atoms with Crippen molar-refractivity contribution in [1.29, 1.82) is 0 Å². The van der Waals surface area contributed by atoms with Gasteiger partial charge in [-0.1, -0.05) is 65.8 Å². The van der Waals surface area contributed by atoms with Crippen LogP contribution in [0.3, 0.4) is 0 Å². The Kier molecular flexibility index (Phi) is 3.68. The van der Waals surface area contributed by atoms with Gasteiger partial charge in [0.2, 0.25) is 0 Å². The Bertz CT molecular complexity index is 648. The van der Waals surface area contributed by atoms with Gasteiger partial charge in [0, 0.05) is 6.54 Å². The topological polar surface area (TPSA) is 55.6 Å². The lowest BCUT2D eigenvalue weighted by atomic mass is 10.2. The summed E-state index contributed by atoms with van der Waals surface area (Å²) in [7, 11) is 0. The number of benzene rings is 2. The highest BCUT2D eigenvalue weighted by Crippen LogP contribution is 2.04. The minimum Gasteiger partial charge on any atom is -0.348 e. The van der Waals surface area contributed by atoms with Crippen molar-refractivity contribution in [2.45, 2.75) is 13.1 Å². The second-order valence-electron chi connectivity index (χ2n) is 4.47. The molecule has 0 spiro atoms. The molecule has 3 rings (SSSR count). The predicted octanol–water partition coefficient (Wildman–Crippen LogP) is 2.33. The monoisotopic (exact) mass is 265 g/mol. The van der Waals surface area contributed by atoms with Gasteiger partial charge < -0.3 is 5.32 Å². The zero-order chi connectivity index (χ0) is 13.6. The number of anilines is 1. The number of aromatic nitrogens is 4. The van der Waals surface area contributed by atoms with E-state index >= 15 is 0 Å². The minimum atomic E-state index is 0.546. The lowest BCUT2D eigenvalue weighted by molar-refractivity contribution is 0.573. The van der Waals surface area contributed by atoms with E-state index in [-0.39, 0.29) is 0 Å². The number of nitrogens with zero attached hydrogens (tertiary/aromatic N) is 4.